The SMILES string of the molecule is CCn1cc(NC(=O)CCn2nc(C(F)(F)F)c(Cl)c2C)c(C(=O)NCc2ccco2)n1. The van der Waals surface area contributed by atoms with Crippen LogP contribution in [-0.2, 0) is 30.6 Å². The van der Waals surface area contributed by atoms with Gasteiger partial charge >= 0.3 is 6.18 Å². The number of aromatic nitrogens is 4. The number of hydrogen-bond acceptors (Lipinski definition) is 5. The Morgan fingerprint density at radius 1 is 1.28 bits per heavy atom. The van der Waals surface area contributed by atoms with E-state index in [1.807, 2.05) is 6.92 Å². The lowest BCUT2D eigenvalue weighted by Gasteiger charge is -2.07. The highest BCUT2D eigenvalue weighted by Gasteiger charge is 2.38. The second-order valence-corrected chi connectivity index (χ2v) is 7.15. The summed E-state index contributed by atoms with van der Waals surface area (Å²) in [6.07, 6.45) is -1.91. The summed E-state index contributed by atoms with van der Waals surface area (Å²) in [4.78, 5) is 24.9. The summed E-state index contributed by atoms with van der Waals surface area (Å²) >= 11 is 5.72. The molecular formula is C19H20ClF3N6O3. The van der Waals surface area contributed by atoms with E-state index in [-0.39, 0.29) is 36.6 Å². The van der Waals surface area contributed by atoms with Gasteiger partial charge < -0.3 is 15.1 Å². The highest BCUT2D eigenvalue weighted by atomic mass is 35.5. The number of carbonyl (C=O) groups excluding carboxylic acids is 2. The molecule has 0 atom stereocenters. The average molecular weight is 473 g/mol. The summed E-state index contributed by atoms with van der Waals surface area (Å²) in [7, 11) is 0. The molecule has 9 nitrogen and oxygen atoms in total. The van der Waals surface area contributed by atoms with Crippen molar-refractivity contribution >= 4 is 29.1 Å². The van der Waals surface area contributed by atoms with Crippen molar-refractivity contribution in [3.05, 3.63) is 52.5 Å². The fourth-order valence-corrected chi connectivity index (χ4v) is 3.09. The molecule has 0 aliphatic carbocycles. The van der Waals surface area contributed by atoms with E-state index in [2.05, 4.69) is 20.8 Å². The van der Waals surface area contributed by atoms with Gasteiger partial charge in [-0.1, -0.05) is 11.6 Å². The molecule has 0 radical (unpaired) electrons. The van der Waals surface area contributed by atoms with E-state index in [0.29, 0.717) is 12.3 Å². The number of furan rings is 1. The van der Waals surface area contributed by atoms with Crippen LogP contribution in [0.1, 0.15) is 41.0 Å². The molecule has 3 aromatic rings. The van der Waals surface area contributed by atoms with Crippen molar-refractivity contribution in [2.24, 2.45) is 0 Å². The number of rotatable bonds is 8. The van der Waals surface area contributed by atoms with Crippen LogP contribution in [0.2, 0.25) is 5.02 Å². The van der Waals surface area contributed by atoms with E-state index in [0.717, 1.165) is 4.68 Å². The molecule has 3 rings (SSSR count). The summed E-state index contributed by atoms with van der Waals surface area (Å²) in [5.41, 5.74) is -0.912. The molecule has 0 fully saturated rings. The Bertz CT molecular complexity index is 1100. The first kappa shape index (κ1) is 23.4. The molecule has 2 N–H and O–H groups in total. The van der Waals surface area contributed by atoms with E-state index in [9.17, 15) is 22.8 Å². The van der Waals surface area contributed by atoms with Crippen molar-refractivity contribution in [1.82, 2.24) is 24.9 Å². The third-order valence-electron chi connectivity index (χ3n) is 4.53. The minimum Gasteiger partial charge on any atom is -0.467 e. The molecule has 0 aromatic carbocycles. The maximum atomic E-state index is 12.9. The molecule has 0 spiro atoms. The highest BCUT2D eigenvalue weighted by molar-refractivity contribution is 6.31. The van der Waals surface area contributed by atoms with Gasteiger partial charge in [0.15, 0.2) is 11.4 Å². The van der Waals surface area contributed by atoms with Crippen LogP contribution in [0, 0.1) is 6.92 Å². The number of halogens is 4. The molecule has 172 valence electrons. The minimum atomic E-state index is -4.69. The van der Waals surface area contributed by atoms with Crippen molar-refractivity contribution in [3.63, 3.8) is 0 Å². The fraction of sp³-hybridized carbons (Fsp3) is 0.368. The van der Waals surface area contributed by atoms with Gasteiger partial charge in [-0.3, -0.25) is 19.0 Å². The van der Waals surface area contributed by atoms with Crippen molar-refractivity contribution < 1.29 is 27.2 Å². The van der Waals surface area contributed by atoms with Crippen LogP contribution in [0.5, 0.6) is 0 Å². The predicted octanol–water partition coefficient (Wildman–Crippen LogP) is 3.63. The summed E-state index contributed by atoms with van der Waals surface area (Å²) in [5.74, 6) is -0.501. The molecule has 32 heavy (non-hydrogen) atoms. The normalized spacial score (nSPS) is 11.6. The third kappa shape index (κ3) is 5.31. The fourth-order valence-electron chi connectivity index (χ4n) is 2.85. The van der Waals surface area contributed by atoms with Crippen LogP contribution in [0.3, 0.4) is 0 Å². The lowest BCUT2D eigenvalue weighted by molar-refractivity contribution is -0.141. The van der Waals surface area contributed by atoms with E-state index in [1.54, 1.807) is 12.1 Å². The Morgan fingerprint density at radius 3 is 2.62 bits per heavy atom. The first-order valence-corrected chi connectivity index (χ1v) is 9.96. The van der Waals surface area contributed by atoms with Crippen LogP contribution in [0.15, 0.2) is 29.0 Å². The van der Waals surface area contributed by atoms with Crippen LogP contribution >= 0.6 is 11.6 Å². The zero-order chi connectivity index (χ0) is 23.5. The van der Waals surface area contributed by atoms with Crippen LogP contribution in [-0.4, -0.2) is 31.4 Å². The monoisotopic (exact) mass is 472 g/mol. The van der Waals surface area contributed by atoms with Crippen LogP contribution in [0.25, 0.3) is 0 Å². The van der Waals surface area contributed by atoms with Gasteiger partial charge in [-0.25, -0.2) is 0 Å². The molecule has 0 saturated carbocycles. The van der Waals surface area contributed by atoms with E-state index in [4.69, 9.17) is 16.0 Å². The molecule has 0 bridgehead atoms. The Morgan fingerprint density at radius 2 is 2.03 bits per heavy atom. The Kier molecular flexibility index (Phi) is 6.92. The standard InChI is InChI=1S/C19H20ClF3N6O3/c1-3-28-10-13(16(26-28)18(31)24-9-12-5-4-8-32-12)25-14(30)6-7-29-11(2)15(20)17(27-29)19(21,22)23/h4-5,8,10H,3,6-7,9H2,1-2H3,(H,24,31)(H,25,30). The number of amides is 2. The number of anilines is 1. The predicted molar refractivity (Wildman–Crippen MR) is 108 cm³/mol. The number of aryl methyl sites for hydroxylation is 2. The van der Waals surface area contributed by atoms with Gasteiger partial charge in [-0.15, -0.1) is 0 Å². The number of hydrogen-bond donors (Lipinski definition) is 2. The molecule has 3 aromatic heterocycles. The molecule has 0 unspecified atom stereocenters. The molecule has 13 heteroatoms. The molecule has 0 aliphatic rings. The smallest absolute Gasteiger partial charge is 0.436 e. The maximum absolute atomic E-state index is 12.9. The van der Waals surface area contributed by atoms with Gasteiger partial charge in [0.1, 0.15) is 5.76 Å². The zero-order valence-corrected chi connectivity index (χ0v) is 17.9. The summed E-state index contributed by atoms with van der Waals surface area (Å²) in [6.45, 7) is 3.66. The minimum absolute atomic E-state index is 0.00410. The molecule has 0 aliphatic heterocycles. The van der Waals surface area contributed by atoms with Gasteiger partial charge in [0.2, 0.25) is 5.91 Å². The van der Waals surface area contributed by atoms with E-state index < -0.39 is 28.7 Å². The first-order chi connectivity index (χ1) is 15.1. The third-order valence-corrected chi connectivity index (χ3v) is 4.98. The van der Waals surface area contributed by atoms with E-state index >= 15 is 0 Å². The number of carbonyl (C=O) groups is 2. The van der Waals surface area contributed by atoms with Crippen LogP contribution < -0.4 is 10.6 Å². The average Bonchev–Trinajstić information content (AvgIpc) is 3.45. The molecule has 0 saturated heterocycles. The number of nitrogens with one attached hydrogen (secondary N) is 2. The highest BCUT2D eigenvalue weighted by Crippen LogP contribution is 2.35. The van der Waals surface area contributed by atoms with Crippen molar-refractivity contribution in [2.75, 3.05) is 5.32 Å². The van der Waals surface area contributed by atoms with Gasteiger partial charge in [-0.05, 0) is 26.0 Å². The van der Waals surface area contributed by atoms with Crippen molar-refractivity contribution in [1.29, 1.82) is 0 Å². The second kappa shape index (κ2) is 9.47. The molecule has 3 heterocycles. The largest absolute Gasteiger partial charge is 0.467 e. The zero-order valence-electron chi connectivity index (χ0n) is 17.2. The Balaban J connectivity index is 1.66. The Labute approximate surface area is 185 Å². The molecule has 2 amide bonds. The van der Waals surface area contributed by atoms with Crippen molar-refractivity contribution in [3.8, 4) is 0 Å². The lowest BCUT2D eigenvalue weighted by atomic mass is 10.3. The van der Waals surface area contributed by atoms with Gasteiger partial charge in [0.25, 0.3) is 5.91 Å². The Hall–Kier alpha value is -3.28. The van der Waals surface area contributed by atoms with Gasteiger partial charge in [0.05, 0.1) is 35.8 Å². The van der Waals surface area contributed by atoms with Gasteiger partial charge in [0, 0.05) is 19.2 Å². The summed E-state index contributed by atoms with van der Waals surface area (Å²) < 4.78 is 46.5. The molecular weight excluding hydrogens is 453 g/mol. The quantitative estimate of drug-likeness (QED) is 0.520. The summed E-state index contributed by atoms with van der Waals surface area (Å²) in [6, 6.07) is 3.38. The second-order valence-electron chi connectivity index (χ2n) is 6.78. The van der Waals surface area contributed by atoms with Crippen molar-refractivity contribution in [2.45, 2.75) is 46.1 Å². The summed E-state index contributed by atoms with van der Waals surface area (Å²) in [5, 5.41) is 12.3. The first-order valence-electron chi connectivity index (χ1n) is 9.58. The van der Waals surface area contributed by atoms with Gasteiger partial charge in [-0.2, -0.15) is 23.4 Å². The number of nitrogens with zero attached hydrogens (tertiary/aromatic N) is 4. The van der Waals surface area contributed by atoms with Crippen LogP contribution in [0.4, 0.5) is 18.9 Å². The van der Waals surface area contributed by atoms with E-state index in [1.165, 1.54) is 24.1 Å². The topological polar surface area (TPSA) is 107 Å². The number of alkyl halides is 3. The lowest BCUT2D eigenvalue weighted by Crippen LogP contribution is -2.25. The maximum Gasteiger partial charge on any atom is 0.436 e.